The molecule has 1 N–H and O–H groups in total. The number of sulfonamides is 1. The van der Waals surface area contributed by atoms with Crippen molar-refractivity contribution in [2.75, 3.05) is 10.8 Å². The quantitative estimate of drug-likeness (QED) is 0.187. The van der Waals surface area contributed by atoms with E-state index in [9.17, 15) is 13.2 Å². The van der Waals surface area contributed by atoms with Gasteiger partial charge in [-0.1, -0.05) is 72.6 Å². The number of nitrogens with one attached hydrogen (secondary N) is 1. The summed E-state index contributed by atoms with van der Waals surface area (Å²) in [6.45, 7) is 5.92. The van der Waals surface area contributed by atoms with Gasteiger partial charge < -0.3 is 4.74 Å². The molecule has 0 radical (unpaired) electrons. The summed E-state index contributed by atoms with van der Waals surface area (Å²) in [6.07, 6.45) is 2.11. The Bertz CT molecular complexity index is 1560. The fourth-order valence-electron chi connectivity index (χ4n) is 4.04. The first-order chi connectivity index (χ1) is 19.3. The Morgan fingerprint density at radius 2 is 1.50 bits per heavy atom. The Labute approximate surface area is 236 Å². The summed E-state index contributed by atoms with van der Waals surface area (Å²) in [5, 5.41) is 4.04. The van der Waals surface area contributed by atoms with E-state index in [4.69, 9.17) is 4.74 Å². The lowest BCUT2D eigenvalue weighted by molar-refractivity contribution is -0.119. The van der Waals surface area contributed by atoms with Crippen molar-refractivity contribution in [3.63, 3.8) is 0 Å². The van der Waals surface area contributed by atoms with Crippen molar-refractivity contribution in [1.82, 2.24) is 5.43 Å². The Morgan fingerprint density at radius 3 is 2.15 bits per heavy atom. The molecule has 0 unspecified atom stereocenters. The number of hydrazone groups is 1. The molecule has 0 saturated carbocycles. The van der Waals surface area contributed by atoms with Crippen LogP contribution in [0.1, 0.15) is 34.7 Å². The van der Waals surface area contributed by atoms with E-state index in [2.05, 4.69) is 10.5 Å². The van der Waals surface area contributed by atoms with Gasteiger partial charge in [0.05, 0.1) is 16.8 Å². The first-order valence-electron chi connectivity index (χ1n) is 13.0. The van der Waals surface area contributed by atoms with E-state index in [0.717, 1.165) is 26.6 Å². The molecule has 4 aromatic carbocycles. The molecule has 0 aliphatic heterocycles. The zero-order valence-electron chi connectivity index (χ0n) is 22.9. The maximum atomic E-state index is 13.6. The lowest BCUT2D eigenvalue weighted by atomic mass is 10.1. The molecule has 0 aliphatic carbocycles. The Morgan fingerprint density at radius 1 is 0.875 bits per heavy atom. The highest BCUT2D eigenvalue weighted by atomic mass is 32.2. The van der Waals surface area contributed by atoms with Crippen LogP contribution in [0.5, 0.6) is 5.75 Å². The third kappa shape index (κ3) is 7.36. The fraction of sp³-hybridized carbons (Fsp3) is 0.188. The van der Waals surface area contributed by atoms with Crippen LogP contribution >= 0.6 is 0 Å². The topological polar surface area (TPSA) is 88.1 Å². The van der Waals surface area contributed by atoms with Crippen LogP contribution in [-0.2, 0) is 27.8 Å². The molecule has 8 heteroatoms. The van der Waals surface area contributed by atoms with E-state index in [-0.39, 0.29) is 4.90 Å². The zero-order chi connectivity index (χ0) is 28.5. The molecular weight excluding hydrogens is 522 g/mol. The van der Waals surface area contributed by atoms with Crippen LogP contribution in [0.3, 0.4) is 0 Å². The molecule has 0 atom stereocenters. The van der Waals surface area contributed by atoms with Gasteiger partial charge in [0.15, 0.2) is 0 Å². The molecule has 4 aromatic rings. The second-order valence-electron chi connectivity index (χ2n) is 9.44. The van der Waals surface area contributed by atoms with Gasteiger partial charge in [-0.25, -0.2) is 13.8 Å². The summed E-state index contributed by atoms with van der Waals surface area (Å²) in [6, 6.07) is 29.2. The summed E-state index contributed by atoms with van der Waals surface area (Å²) in [4.78, 5) is 13.0. The Kier molecular flexibility index (Phi) is 9.35. The van der Waals surface area contributed by atoms with E-state index in [1.54, 1.807) is 36.4 Å². The second-order valence-corrected chi connectivity index (χ2v) is 11.3. The summed E-state index contributed by atoms with van der Waals surface area (Å²) in [7, 11) is -4.00. The summed E-state index contributed by atoms with van der Waals surface area (Å²) >= 11 is 0. The highest BCUT2D eigenvalue weighted by Crippen LogP contribution is 2.27. The van der Waals surface area contributed by atoms with Gasteiger partial charge in [0.25, 0.3) is 15.9 Å². The second kappa shape index (κ2) is 13.1. The molecule has 0 heterocycles. The molecule has 0 spiro atoms. The average Bonchev–Trinajstić information content (AvgIpc) is 2.96. The fourth-order valence-corrected chi connectivity index (χ4v) is 5.49. The molecule has 0 bridgehead atoms. The maximum absolute atomic E-state index is 13.6. The molecule has 1 amide bonds. The van der Waals surface area contributed by atoms with E-state index >= 15 is 0 Å². The molecule has 0 fully saturated rings. The number of anilines is 1. The summed E-state index contributed by atoms with van der Waals surface area (Å²) < 4.78 is 34.2. The average molecular weight is 556 g/mol. The molecule has 0 aliphatic rings. The van der Waals surface area contributed by atoms with Crippen molar-refractivity contribution < 1.29 is 17.9 Å². The number of hydrogen-bond acceptors (Lipinski definition) is 5. The molecule has 0 saturated heterocycles. The van der Waals surface area contributed by atoms with Crippen LogP contribution in [0.25, 0.3) is 0 Å². The minimum atomic E-state index is -4.00. The zero-order valence-corrected chi connectivity index (χ0v) is 23.7. The van der Waals surface area contributed by atoms with Crippen molar-refractivity contribution in [3.05, 3.63) is 125 Å². The summed E-state index contributed by atoms with van der Waals surface area (Å²) in [5.74, 6) is 0.157. The number of carbonyl (C=O) groups excluding carboxylic acids is 1. The van der Waals surface area contributed by atoms with Gasteiger partial charge in [0.1, 0.15) is 18.9 Å². The maximum Gasteiger partial charge on any atom is 0.264 e. The number of nitrogens with zero attached hydrogens (tertiary/aromatic N) is 2. The predicted molar refractivity (Wildman–Crippen MR) is 159 cm³/mol. The van der Waals surface area contributed by atoms with Crippen LogP contribution in [-0.4, -0.2) is 27.1 Å². The molecule has 206 valence electrons. The minimum absolute atomic E-state index is 0.116. The molecule has 7 nitrogen and oxygen atoms in total. The van der Waals surface area contributed by atoms with Gasteiger partial charge in [-0.2, -0.15) is 5.10 Å². The molecule has 4 rings (SSSR count). The van der Waals surface area contributed by atoms with Gasteiger partial charge in [-0.15, -0.1) is 0 Å². The normalized spacial score (nSPS) is 11.4. The van der Waals surface area contributed by atoms with Crippen molar-refractivity contribution in [3.8, 4) is 5.75 Å². The van der Waals surface area contributed by atoms with Gasteiger partial charge in [-0.05, 0) is 79.4 Å². The first-order valence-corrected chi connectivity index (χ1v) is 14.5. The van der Waals surface area contributed by atoms with Crippen molar-refractivity contribution in [2.45, 2.75) is 38.7 Å². The molecular formula is C32H33N3O4S. The number of ether oxygens (including phenoxy) is 1. The van der Waals surface area contributed by atoms with Crippen LogP contribution in [0.15, 0.2) is 107 Å². The van der Waals surface area contributed by atoms with Crippen molar-refractivity contribution >= 4 is 27.8 Å². The number of amides is 1. The van der Waals surface area contributed by atoms with Gasteiger partial charge in [-0.3, -0.25) is 9.10 Å². The van der Waals surface area contributed by atoms with Crippen LogP contribution in [0, 0.1) is 13.8 Å². The summed E-state index contributed by atoms with van der Waals surface area (Å²) in [5.41, 5.74) is 7.72. The van der Waals surface area contributed by atoms with Crippen molar-refractivity contribution in [1.29, 1.82) is 0 Å². The minimum Gasteiger partial charge on any atom is -0.489 e. The number of rotatable bonds is 11. The number of carbonyl (C=O) groups is 1. The number of hydrogen-bond donors (Lipinski definition) is 1. The third-order valence-electron chi connectivity index (χ3n) is 6.35. The number of para-hydroxylation sites is 1. The molecule has 0 aromatic heterocycles. The van der Waals surface area contributed by atoms with E-state index < -0.39 is 22.5 Å². The largest absolute Gasteiger partial charge is 0.489 e. The SMILES string of the molecule is CCc1ccccc1N(CC(=O)N/N=C\c1ccc(OCc2ccc(C)cc2)cc1)S(=O)(=O)c1ccc(C)cc1. The van der Waals surface area contributed by atoms with Crippen LogP contribution in [0.4, 0.5) is 5.69 Å². The van der Waals surface area contributed by atoms with E-state index in [1.165, 1.54) is 11.8 Å². The van der Waals surface area contributed by atoms with Crippen molar-refractivity contribution in [2.24, 2.45) is 5.10 Å². The lowest BCUT2D eigenvalue weighted by Crippen LogP contribution is -2.40. The first kappa shape index (κ1) is 28.6. The van der Waals surface area contributed by atoms with Gasteiger partial charge in [0, 0.05) is 0 Å². The van der Waals surface area contributed by atoms with E-state index in [0.29, 0.717) is 24.5 Å². The third-order valence-corrected chi connectivity index (χ3v) is 8.12. The van der Waals surface area contributed by atoms with E-state index in [1.807, 2.05) is 81.4 Å². The van der Waals surface area contributed by atoms with Gasteiger partial charge in [0.2, 0.25) is 0 Å². The highest BCUT2D eigenvalue weighted by Gasteiger charge is 2.28. The highest BCUT2D eigenvalue weighted by molar-refractivity contribution is 7.92. The monoisotopic (exact) mass is 555 g/mol. The number of aryl methyl sites for hydroxylation is 3. The van der Waals surface area contributed by atoms with Gasteiger partial charge >= 0.3 is 0 Å². The van der Waals surface area contributed by atoms with Crippen LogP contribution < -0.4 is 14.5 Å². The number of benzene rings is 4. The Balaban J connectivity index is 1.43. The van der Waals surface area contributed by atoms with Crippen LogP contribution in [0.2, 0.25) is 0 Å². The Hall–Kier alpha value is -4.43. The predicted octanol–water partition coefficient (Wildman–Crippen LogP) is 5.79. The lowest BCUT2D eigenvalue weighted by Gasteiger charge is -2.25. The smallest absolute Gasteiger partial charge is 0.264 e. The molecule has 40 heavy (non-hydrogen) atoms. The standard InChI is InChI=1S/C32H33N3O4S/c1-4-28-7-5-6-8-31(28)35(40(37,38)30-19-11-25(3)12-20-30)22-32(36)34-33-21-26-15-17-29(18-16-26)39-23-27-13-9-24(2)10-14-27/h5-21H,4,22-23H2,1-3H3,(H,34,36)/b33-21-.